The molecule has 0 amide bonds. The fourth-order valence-electron chi connectivity index (χ4n) is 2.42. The molecule has 2 atom stereocenters. The molecule has 0 aromatic heterocycles. The Bertz CT molecular complexity index is 534. The van der Waals surface area contributed by atoms with Gasteiger partial charge in [0.2, 0.25) is 7.37 Å². The van der Waals surface area contributed by atoms with Gasteiger partial charge in [0.05, 0.1) is 6.61 Å². The maximum Gasteiger partial charge on any atom is 0.207 e. The van der Waals surface area contributed by atoms with E-state index in [0.29, 0.717) is 12.3 Å². The molecule has 1 N–H and O–H groups in total. The second kappa shape index (κ2) is 5.85. The van der Waals surface area contributed by atoms with Crippen LogP contribution < -0.4 is 0 Å². The molecule has 1 aromatic carbocycles. The Morgan fingerprint density at radius 1 is 1.35 bits per heavy atom. The second-order valence-corrected chi connectivity index (χ2v) is 8.72. The maximum absolute atomic E-state index is 12.8. The van der Waals surface area contributed by atoms with Crippen molar-refractivity contribution in [1.29, 1.82) is 0 Å². The van der Waals surface area contributed by atoms with Gasteiger partial charge in [0.15, 0.2) is 0 Å². The standard InChI is InChI=1S/C16H23O3P/c1-13-9-10-20(18,12-16(13,2)3)19-11-15(17)14-7-5-4-6-8-14/h4-9,15,17H,10-12H2,1-3H3/t15-,20?/m1/s1. The van der Waals surface area contributed by atoms with Crippen molar-refractivity contribution in [3.63, 3.8) is 0 Å². The van der Waals surface area contributed by atoms with Gasteiger partial charge >= 0.3 is 0 Å². The van der Waals surface area contributed by atoms with Crippen LogP contribution in [0, 0.1) is 5.41 Å². The Morgan fingerprint density at radius 2 is 2.00 bits per heavy atom. The highest BCUT2D eigenvalue weighted by Gasteiger charge is 2.37. The summed E-state index contributed by atoms with van der Waals surface area (Å²) in [6.45, 7) is 6.33. The fraction of sp³-hybridized carbons (Fsp3) is 0.500. The van der Waals surface area contributed by atoms with E-state index in [-0.39, 0.29) is 12.0 Å². The Kier molecular flexibility index (Phi) is 4.53. The van der Waals surface area contributed by atoms with Crippen molar-refractivity contribution in [2.45, 2.75) is 26.9 Å². The van der Waals surface area contributed by atoms with E-state index in [0.717, 1.165) is 5.56 Å². The predicted octanol–water partition coefficient (Wildman–Crippen LogP) is 4.00. The zero-order valence-corrected chi connectivity index (χ0v) is 13.3. The zero-order chi connectivity index (χ0) is 14.8. The van der Waals surface area contributed by atoms with Crippen molar-refractivity contribution in [2.75, 3.05) is 18.9 Å². The van der Waals surface area contributed by atoms with Crippen molar-refractivity contribution in [1.82, 2.24) is 0 Å². The average molecular weight is 294 g/mol. The quantitative estimate of drug-likeness (QED) is 0.674. The van der Waals surface area contributed by atoms with Crippen LogP contribution in [0.2, 0.25) is 0 Å². The molecule has 1 aliphatic heterocycles. The van der Waals surface area contributed by atoms with Crippen LogP contribution in [-0.2, 0) is 9.09 Å². The molecule has 2 rings (SSSR count). The Balaban J connectivity index is 1.99. The third-order valence-electron chi connectivity index (χ3n) is 4.03. The van der Waals surface area contributed by atoms with Crippen LogP contribution in [0.15, 0.2) is 42.0 Å². The third-order valence-corrected chi connectivity index (χ3v) is 6.66. The highest BCUT2D eigenvalue weighted by atomic mass is 31.2. The lowest BCUT2D eigenvalue weighted by Gasteiger charge is -2.35. The van der Waals surface area contributed by atoms with Gasteiger partial charge in [-0.25, -0.2) is 0 Å². The topological polar surface area (TPSA) is 46.5 Å². The molecule has 4 heteroatoms. The SMILES string of the molecule is CC1=CCP(=O)(OC[C@@H](O)c2ccccc2)CC1(C)C. The predicted molar refractivity (Wildman–Crippen MR) is 82.2 cm³/mol. The van der Waals surface area contributed by atoms with Crippen LogP contribution in [0.4, 0.5) is 0 Å². The Hall–Kier alpha value is -0.890. The van der Waals surface area contributed by atoms with Gasteiger partial charge in [-0.2, -0.15) is 0 Å². The molecule has 3 nitrogen and oxygen atoms in total. The van der Waals surface area contributed by atoms with Crippen LogP contribution in [0.25, 0.3) is 0 Å². The minimum absolute atomic E-state index is 0.0876. The smallest absolute Gasteiger partial charge is 0.207 e. The van der Waals surface area contributed by atoms with Gasteiger partial charge in [-0.05, 0) is 17.9 Å². The van der Waals surface area contributed by atoms with Crippen LogP contribution in [0.3, 0.4) is 0 Å². The molecule has 0 saturated heterocycles. The van der Waals surface area contributed by atoms with Crippen molar-refractivity contribution >= 4 is 7.37 Å². The van der Waals surface area contributed by atoms with E-state index in [1.807, 2.05) is 36.4 Å². The third kappa shape index (κ3) is 3.60. The highest BCUT2D eigenvalue weighted by molar-refractivity contribution is 7.59. The summed E-state index contributed by atoms with van der Waals surface area (Å²) in [7, 11) is -2.68. The monoisotopic (exact) mass is 294 g/mol. The molecular formula is C16H23O3P. The number of benzene rings is 1. The molecule has 0 saturated carbocycles. The minimum atomic E-state index is -2.68. The van der Waals surface area contributed by atoms with Gasteiger partial charge < -0.3 is 9.63 Å². The number of aliphatic hydroxyl groups excluding tert-OH is 1. The fourth-order valence-corrected chi connectivity index (χ4v) is 5.16. The summed E-state index contributed by atoms with van der Waals surface area (Å²) in [5.41, 5.74) is 1.96. The molecule has 1 aromatic rings. The first-order valence-electron chi connectivity index (χ1n) is 6.95. The van der Waals surface area contributed by atoms with Gasteiger partial charge in [0.25, 0.3) is 0 Å². The molecule has 20 heavy (non-hydrogen) atoms. The Labute approximate surface area is 121 Å². The van der Waals surface area contributed by atoms with Gasteiger partial charge in [0, 0.05) is 12.3 Å². The molecule has 0 aliphatic carbocycles. The van der Waals surface area contributed by atoms with Crippen LogP contribution >= 0.6 is 7.37 Å². The maximum atomic E-state index is 12.8. The van der Waals surface area contributed by atoms with Crippen molar-refractivity contribution in [2.24, 2.45) is 5.41 Å². The largest absolute Gasteiger partial charge is 0.386 e. The number of hydrogen-bond donors (Lipinski definition) is 1. The summed E-state index contributed by atoms with van der Waals surface area (Å²) in [6.07, 6.45) is 2.31. The number of allylic oxidation sites excluding steroid dienone is 2. The van der Waals surface area contributed by atoms with E-state index in [9.17, 15) is 9.67 Å². The van der Waals surface area contributed by atoms with E-state index < -0.39 is 13.5 Å². The van der Waals surface area contributed by atoms with E-state index >= 15 is 0 Å². The number of hydrogen-bond acceptors (Lipinski definition) is 3. The molecule has 1 heterocycles. The van der Waals surface area contributed by atoms with Crippen molar-refractivity contribution in [3.05, 3.63) is 47.5 Å². The summed E-state index contributed by atoms with van der Waals surface area (Å²) in [6, 6.07) is 9.33. The van der Waals surface area contributed by atoms with E-state index in [1.54, 1.807) is 0 Å². The summed E-state index contributed by atoms with van der Waals surface area (Å²) >= 11 is 0. The lowest BCUT2D eigenvalue weighted by atomic mass is 9.87. The summed E-state index contributed by atoms with van der Waals surface area (Å²) in [4.78, 5) is 0. The van der Waals surface area contributed by atoms with E-state index in [1.165, 1.54) is 5.57 Å². The van der Waals surface area contributed by atoms with Crippen LogP contribution in [-0.4, -0.2) is 24.0 Å². The average Bonchev–Trinajstić information content (AvgIpc) is 2.41. The molecule has 0 bridgehead atoms. The highest BCUT2D eigenvalue weighted by Crippen LogP contribution is 2.56. The second-order valence-electron chi connectivity index (χ2n) is 6.15. The number of aliphatic hydroxyl groups is 1. The molecule has 0 spiro atoms. The van der Waals surface area contributed by atoms with Gasteiger partial charge in [-0.3, -0.25) is 4.57 Å². The first kappa shape index (κ1) is 15.5. The first-order chi connectivity index (χ1) is 9.32. The van der Waals surface area contributed by atoms with E-state index in [2.05, 4.69) is 20.8 Å². The lowest BCUT2D eigenvalue weighted by molar-refractivity contribution is 0.108. The summed E-state index contributed by atoms with van der Waals surface area (Å²) < 4.78 is 18.4. The van der Waals surface area contributed by atoms with E-state index in [4.69, 9.17) is 4.52 Å². The molecule has 1 unspecified atom stereocenters. The lowest BCUT2D eigenvalue weighted by Crippen LogP contribution is -2.25. The van der Waals surface area contributed by atoms with Gasteiger partial charge in [0.1, 0.15) is 6.10 Å². The van der Waals surface area contributed by atoms with Crippen molar-refractivity contribution < 1.29 is 14.2 Å². The minimum Gasteiger partial charge on any atom is -0.386 e. The van der Waals surface area contributed by atoms with Crippen LogP contribution in [0.5, 0.6) is 0 Å². The molecule has 110 valence electrons. The Morgan fingerprint density at radius 3 is 2.60 bits per heavy atom. The normalized spacial score (nSPS) is 26.9. The van der Waals surface area contributed by atoms with Crippen LogP contribution in [0.1, 0.15) is 32.4 Å². The summed E-state index contributed by atoms with van der Waals surface area (Å²) in [5.74, 6) is 0. The summed E-state index contributed by atoms with van der Waals surface area (Å²) in [5, 5.41) is 10.1. The van der Waals surface area contributed by atoms with Gasteiger partial charge in [-0.1, -0.05) is 55.8 Å². The first-order valence-corrected chi connectivity index (χ1v) is 8.95. The molecule has 1 aliphatic rings. The number of rotatable bonds is 4. The molecular weight excluding hydrogens is 271 g/mol. The molecule has 0 fully saturated rings. The molecule has 0 radical (unpaired) electrons. The zero-order valence-electron chi connectivity index (χ0n) is 12.4. The van der Waals surface area contributed by atoms with Gasteiger partial charge in [-0.15, -0.1) is 0 Å². The van der Waals surface area contributed by atoms with Crippen molar-refractivity contribution in [3.8, 4) is 0 Å².